The maximum atomic E-state index is 14.6. The number of rotatable bonds is 10. The number of anilines is 5. The first-order valence-corrected chi connectivity index (χ1v) is 32.1. The molecule has 2 atom stereocenters. The van der Waals surface area contributed by atoms with Crippen LogP contribution in [0.1, 0.15) is 83.1 Å². The summed E-state index contributed by atoms with van der Waals surface area (Å²) >= 11 is 6.30. The lowest BCUT2D eigenvalue weighted by molar-refractivity contribution is 0.00578. The predicted molar refractivity (Wildman–Crippen MR) is 353 cm³/mol. The number of nitrogens with zero attached hydrogens (tertiary/aromatic N) is 8. The van der Waals surface area contributed by atoms with Gasteiger partial charge in [-0.3, -0.25) is 24.5 Å². The predicted octanol–water partition coefficient (Wildman–Crippen LogP) is 9.45. The number of cyclic esters (lactones) is 5. The van der Waals surface area contributed by atoms with E-state index >= 15 is 0 Å². The number of ether oxygens (including phenoxy) is 5. The fourth-order valence-electron chi connectivity index (χ4n) is 9.93. The van der Waals surface area contributed by atoms with Gasteiger partial charge in [0.15, 0.2) is 0 Å². The Hall–Kier alpha value is -7.07. The van der Waals surface area contributed by atoms with E-state index in [2.05, 4.69) is 46.8 Å². The molecule has 26 nitrogen and oxygen atoms in total. The summed E-state index contributed by atoms with van der Waals surface area (Å²) in [5.74, 6) is 0.678. The van der Waals surface area contributed by atoms with E-state index in [1.54, 1.807) is 54.9 Å². The Morgan fingerprint density at radius 1 is 0.474 bits per heavy atom. The van der Waals surface area contributed by atoms with Crippen LogP contribution in [-0.2, 0) is 51.6 Å². The number of carbonyl (C=O) groups excluding carboxylic acids is 5. The second-order valence-corrected chi connectivity index (χ2v) is 27.5. The molecule has 0 unspecified atom stereocenters. The number of halogens is 4. The highest BCUT2D eigenvalue weighted by Crippen LogP contribution is 2.43. The van der Waals surface area contributed by atoms with Gasteiger partial charge in [-0.1, -0.05) is 6.07 Å². The molecule has 0 saturated carbocycles. The van der Waals surface area contributed by atoms with Crippen LogP contribution in [0, 0.1) is 11.6 Å². The summed E-state index contributed by atoms with van der Waals surface area (Å²) in [6, 6.07) is 19.3. The highest BCUT2D eigenvalue weighted by molar-refractivity contribution is 9.10. The van der Waals surface area contributed by atoms with Gasteiger partial charge in [0.2, 0.25) is 0 Å². The van der Waals surface area contributed by atoms with Crippen molar-refractivity contribution in [2.45, 2.75) is 129 Å². The molecule has 2 aromatic carbocycles. The van der Waals surface area contributed by atoms with Gasteiger partial charge in [-0.15, -0.1) is 0 Å². The minimum Gasteiger partial charge on any atom is -0.447 e. The lowest BCUT2D eigenvalue weighted by Gasteiger charge is -2.32. The minimum atomic E-state index is -0.621. The highest BCUT2D eigenvalue weighted by atomic mass is 79.9. The van der Waals surface area contributed by atoms with Gasteiger partial charge in [0.25, 0.3) is 0 Å². The zero-order valence-electron chi connectivity index (χ0n) is 54.6. The number of pyridine rings is 3. The van der Waals surface area contributed by atoms with Crippen molar-refractivity contribution < 1.29 is 94.6 Å². The number of aliphatic hydroxyl groups excluding tert-OH is 2. The SMILES string of the molecule is CC1(C)OB(B2OC(C)(C)C(C)(C)O2)OC1(C)C.CC1(C)OB(c2ccc(N3CCOC3=O)nc2)OC1(C)C.O=C1OCCN1c1ccc(Br)cn1.O=C1O[C@@H](CO)CN1c1ccc(-c2ccc(N3CCOC3=O)nc2)c(F)c1.O=C1O[C@@H](CO)CN1c1ccc(Br)c(F)c1. The van der Waals surface area contributed by atoms with Crippen molar-refractivity contribution in [1.29, 1.82) is 0 Å². The third-order valence-electron chi connectivity index (χ3n) is 17.6. The number of hydrogen-bond donors (Lipinski definition) is 2. The fraction of sp³-hybridized carbons (Fsp3) is 0.484. The van der Waals surface area contributed by atoms with Gasteiger partial charge in [-0.25, -0.2) is 47.7 Å². The van der Waals surface area contributed by atoms with E-state index in [0.717, 1.165) is 9.94 Å². The third-order valence-corrected chi connectivity index (χ3v) is 18.7. The minimum absolute atomic E-state index is 0.163. The summed E-state index contributed by atoms with van der Waals surface area (Å²) in [6.07, 6.45) is 1.33. The molecule has 508 valence electrons. The van der Waals surface area contributed by atoms with E-state index in [1.165, 1.54) is 48.9 Å². The van der Waals surface area contributed by atoms with Crippen molar-refractivity contribution in [3.05, 3.63) is 112 Å². The smallest absolute Gasteiger partial charge is 0.447 e. The van der Waals surface area contributed by atoms with E-state index < -0.39 is 63.3 Å². The highest BCUT2D eigenvalue weighted by Gasteiger charge is 2.64. The average molecular weight is 1450 g/mol. The van der Waals surface area contributed by atoms with E-state index in [0.29, 0.717) is 83.9 Å². The molecule has 8 fully saturated rings. The second kappa shape index (κ2) is 28.9. The Labute approximate surface area is 566 Å². The van der Waals surface area contributed by atoms with Crippen molar-refractivity contribution in [3.8, 4) is 11.1 Å². The molecule has 5 aromatic rings. The van der Waals surface area contributed by atoms with E-state index in [1.807, 2.05) is 95.2 Å². The van der Waals surface area contributed by atoms with Crippen molar-refractivity contribution in [2.75, 3.05) is 90.3 Å². The van der Waals surface area contributed by atoms with Gasteiger partial charge in [0, 0.05) is 39.7 Å². The molecule has 8 aliphatic rings. The molecule has 0 radical (unpaired) electrons. The van der Waals surface area contributed by atoms with E-state index in [9.17, 15) is 32.8 Å². The lowest BCUT2D eigenvalue weighted by atomic mass is 9.49. The normalized spacial score (nSPS) is 22.4. The van der Waals surface area contributed by atoms with Crippen LogP contribution in [0.5, 0.6) is 0 Å². The molecule has 8 aliphatic heterocycles. The van der Waals surface area contributed by atoms with Crippen molar-refractivity contribution in [1.82, 2.24) is 15.0 Å². The van der Waals surface area contributed by atoms with Crippen LogP contribution in [0.4, 0.5) is 61.6 Å². The van der Waals surface area contributed by atoms with Crippen LogP contribution in [0.15, 0.2) is 100 Å². The standard InChI is InChI=1S/C18H16FN3O5.C14H19BN2O4.C12H24B2O4.C10H9BrFNO3.C8H7BrN2O2/c19-15-7-12(22-9-13(10-23)27-18(22)25)2-3-14(15)11-1-4-16(20-8-11)21-5-6-26-17(21)24;1-13(2)14(3,4)21-15(20-13)10-5-6-11(16-9-10)17-7-8-19-12(17)18;1-9(2)10(3,4)16-13(15-9)14-17-11(5,6)12(7,8)18-14;11-8-2-1-6(3-9(8)12)13-4-7(5-14)16-10(13)15;9-6-1-2-7(10-5-6)11-3-4-13-8(11)12/h1-4,7-8,13,23H,5-6,9-10H2;5-6,9H,7-8H2,1-4H3;1-8H3;1-3,7,14H,4-5H2;1-2,5H,3-4H2/t13-;;;7-;/m1..1./s1. The van der Waals surface area contributed by atoms with Crippen LogP contribution < -0.4 is 30.0 Å². The molecule has 2 N–H and O–H groups in total. The summed E-state index contributed by atoms with van der Waals surface area (Å²) in [5.41, 5.74) is 0.253. The zero-order valence-corrected chi connectivity index (χ0v) is 57.8. The molecule has 11 heterocycles. The fourth-order valence-corrected chi connectivity index (χ4v) is 10.4. The molecule has 95 heavy (non-hydrogen) atoms. The van der Waals surface area contributed by atoms with Crippen molar-refractivity contribution in [2.24, 2.45) is 0 Å². The summed E-state index contributed by atoms with van der Waals surface area (Å²) in [6.45, 7) is 26.8. The summed E-state index contributed by atoms with van der Waals surface area (Å²) in [4.78, 5) is 77.0. The van der Waals surface area contributed by atoms with Gasteiger partial charge >= 0.3 is 51.6 Å². The van der Waals surface area contributed by atoms with Crippen molar-refractivity contribution in [3.63, 3.8) is 0 Å². The first-order chi connectivity index (χ1) is 44.6. The van der Waals surface area contributed by atoms with Crippen LogP contribution in [0.3, 0.4) is 0 Å². The Kier molecular flexibility index (Phi) is 22.0. The third kappa shape index (κ3) is 16.3. The molecule has 3 aromatic heterocycles. The Bertz CT molecular complexity index is 3530. The molecule has 13 rings (SSSR count). The molecule has 0 aliphatic carbocycles. The molecular weight excluding hydrogens is 1370 g/mol. The summed E-state index contributed by atoms with van der Waals surface area (Å²) < 4.78 is 89.3. The number of amides is 5. The van der Waals surface area contributed by atoms with Gasteiger partial charge in [-0.2, -0.15) is 0 Å². The van der Waals surface area contributed by atoms with Gasteiger partial charge in [0.05, 0.1) is 95.4 Å². The first kappa shape index (κ1) is 72.2. The Balaban J connectivity index is 0.000000143. The Morgan fingerprint density at radius 2 is 0.863 bits per heavy atom. The molecule has 8 saturated heterocycles. The average Bonchev–Trinajstić information content (AvgIpc) is 1.59. The van der Waals surface area contributed by atoms with Crippen molar-refractivity contribution >= 4 is 118 Å². The van der Waals surface area contributed by atoms with Crippen LogP contribution in [-0.4, -0.2) is 188 Å². The second-order valence-electron chi connectivity index (χ2n) is 25.7. The number of benzene rings is 2. The molecule has 5 amide bonds. The van der Waals surface area contributed by atoms with Gasteiger partial charge in [0.1, 0.15) is 61.1 Å². The molecular formula is C62H75B3Br2F2N8O18. The number of aliphatic hydroxyl groups is 2. The summed E-state index contributed by atoms with van der Waals surface area (Å²) in [7, 11) is -1.39. The molecule has 0 spiro atoms. The zero-order chi connectivity index (χ0) is 69.2. The number of hydrogen-bond acceptors (Lipinski definition) is 21. The quantitative estimate of drug-likeness (QED) is 0.0972. The first-order valence-electron chi connectivity index (χ1n) is 30.5. The topological polar surface area (TPSA) is 282 Å². The number of aromatic nitrogens is 3. The monoisotopic (exact) mass is 1450 g/mol. The van der Waals surface area contributed by atoms with Crippen LogP contribution in [0.25, 0.3) is 11.1 Å². The number of carbonyl (C=O) groups is 5. The van der Waals surface area contributed by atoms with Crippen LogP contribution >= 0.6 is 31.9 Å². The molecule has 33 heteroatoms. The largest absolute Gasteiger partial charge is 0.496 e. The Morgan fingerprint density at radius 3 is 1.20 bits per heavy atom. The van der Waals surface area contributed by atoms with Gasteiger partial charge < -0.3 is 61.8 Å². The molecule has 0 bridgehead atoms. The summed E-state index contributed by atoms with van der Waals surface area (Å²) in [5, 5.41) is 18.0. The van der Waals surface area contributed by atoms with Gasteiger partial charge in [-0.05, 0) is 182 Å². The maximum absolute atomic E-state index is 14.6. The maximum Gasteiger partial charge on any atom is 0.496 e. The van der Waals surface area contributed by atoms with E-state index in [-0.39, 0.29) is 72.1 Å². The van der Waals surface area contributed by atoms with E-state index in [4.69, 9.17) is 61.8 Å². The van der Waals surface area contributed by atoms with Crippen LogP contribution in [0.2, 0.25) is 0 Å². The lowest BCUT2D eigenvalue weighted by Crippen LogP contribution is -2.41.